The maximum atomic E-state index is 3.31. The van der Waals surface area contributed by atoms with E-state index in [1.54, 1.807) is 0 Å². The number of hydrogen-bond donors (Lipinski definition) is 1. The quantitative estimate of drug-likeness (QED) is 0.842. The van der Waals surface area contributed by atoms with E-state index in [0.29, 0.717) is 0 Å². The van der Waals surface area contributed by atoms with Crippen LogP contribution in [0.3, 0.4) is 0 Å². The van der Waals surface area contributed by atoms with Crippen molar-refractivity contribution in [2.75, 3.05) is 13.6 Å². The summed E-state index contributed by atoms with van der Waals surface area (Å²) in [6.07, 6.45) is 2.73. The van der Waals surface area contributed by atoms with Gasteiger partial charge in [-0.2, -0.15) is 0 Å². The predicted molar refractivity (Wildman–Crippen MR) is 73.3 cm³/mol. The van der Waals surface area contributed by atoms with Gasteiger partial charge in [-0.15, -0.1) is 0 Å². The highest BCUT2D eigenvalue weighted by Gasteiger charge is 2.31. The molecule has 0 aromatic heterocycles. The van der Waals surface area contributed by atoms with Gasteiger partial charge in [-0.3, -0.25) is 0 Å². The molecule has 2 aromatic carbocycles. The van der Waals surface area contributed by atoms with Crippen LogP contribution in [0.2, 0.25) is 0 Å². The summed E-state index contributed by atoms with van der Waals surface area (Å²) >= 11 is 0. The van der Waals surface area contributed by atoms with Crippen molar-refractivity contribution in [1.82, 2.24) is 5.32 Å². The van der Waals surface area contributed by atoms with E-state index >= 15 is 0 Å². The van der Waals surface area contributed by atoms with Crippen molar-refractivity contribution in [3.05, 3.63) is 48.0 Å². The van der Waals surface area contributed by atoms with E-state index in [1.807, 2.05) is 0 Å². The number of hydrogen-bond acceptors (Lipinski definition) is 1. The third kappa shape index (κ3) is 1.96. The third-order valence-corrected chi connectivity index (χ3v) is 4.09. The van der Waals surface area contributed by atoms with Crippen LogP contribution < -0.4 is 5.32 Å². The summed E-state index contributed by atoms with van der Waals surface area (Å²) in [7, 11) is 2.05. The van der Waals surface area contributed by atoms with E-state index in [1.165, 1.54) is 29.2 Å². The van der Waals surface area contributed by atoms with Crippen molar-refractivity contribution in [2.24, 2.45) is 5.92 Å². The summed E-state index contributed by atoms with van der Waals surface area (Å²) in [6.45, 7) is 1.15. The molecular weight excluding hydrogens is 206 g/mol. The van der Waals surface area contributed by atoms with Gasteiger partial charge in [0.2, 0.25) is 0 Å². The van der Waals surface area contributed by atoms with Crippen molar-refractivity contribution in [3.63, 3.8) is 0 Å². The first-order valence-corrected chi connectivity index (χ1v) is 6.52. The molecule has 17 heavy (non-hydrogen) atoms. The molecule has 0 saturated heterocycles. The zero-order valence-corrected chi connectivity index (χ0v) is 10.3. The second kappa shape index (κ2) is 4.50. The lowest BCUT2D eigenvalue weighted by Crippen LogP contribution is -2.32. The van der Waals surface area contributed by atoms with Crippen molar-refractivity contribution in [1.29, 1.82) is 0 Å². The fraction of sp³-hybridized carbons (Fsp3) is 0.375. The van der Waals surface area contributed by atoms with Gasteiger partial charge in [0.15, 0.2) is 0 Å². The number of benzene rings is 2. The van der Waals surface area contributed by atoms with E-state index in [4.69, 9.17) is 0 Å². The van der Waals surface area contributed by atoms with Gasteiger partial charge in [0, 0.05) is 0 Å². The van der Waals surface area contributed by atoms with Gasteiger partial charge >= 0.3 is 0 Å². The van der Waals surface area contributed by atoms with Gasteiger partial charge in [0.05, 0.1) is 0 Å². The van der Waals surface area contributed by atoms with Gasteiger partial charge in [0.25, 0.3) is 0 Å². The van der Waals surface area contributed by atoms with Crippen molar-refractivity contribution >= 4 is 10.8 Å². The molecule has 0 spiro atoms. The minimum absolute atomic E-state index is 0.770. The average Bonchev–Trinajstić information content (AvgIpc) is 2.34. The average molecular weight is 225 g/mol. The molecule has 88 valence electrons. The minimum atomic E-state index is 0.770. The van der Waals surface area contributed by atoms with Gasteiger partial charge in [-0.1, -0.05) is 42.5 Å². The lowest BCUT2D eigenvalue weighted by molar-refractivity contribution is 0.251. The second-order valence-electron chi connectivity index (χ2n) is 5.11. The van der Waals surface area contributed by atoms with Gasteiger partial charge < -0.3 is 5.32 Å². The van der Waals surface area contributed by atoms with Crippen LogP contribution in [0.1, 0.15) is 24.3 Å². The summed E-state index contributed by atoms with van der Waals surface area (Å²) in [5, 5.41) is 6.03. The predicted octanol–water partition coefficient (Wildman–Crippen LogP) is 3.55. The fourth-order valence-electron chi connectivity index (χ4n) is 2.95. The van der Waals surface area contributed by atoms with Gasteiger partial charge in [0.1, 0.15) is 0 Å². The molecule has 1 N–H and O–H groups in total. The van der Waals surface area contributed by atoms with Crippen LogP contribution in [0.4, 0.5) is 0 Å². The molecular formula is C16H19N. The zero-order chi connectivity index (χ0) is 11.7. The Bertz CT molecular complexity index is 518. The first kappa shape index (κ1) is 10.8. The molecule has 0 amide bonds. The second-order valence-corrected chi connectivity index (χ2v) is 5.11. The van der Waals surface area contributed by atoms with E-state index in [9.17, 15) is 0 Å². The molecule has 3 rings (SSSR count). The Morgan fingerprint density at radius 3 is 2.59 bits per heavy atom. The highest BCUT2D eigenvalue weighted by molar-refractivity contribution is 5.83. The lowest BCUT2D eigenvalue weighted by Gasteiger charge is -2.37. The van der Waals surface area contributed by atoms with Crippen LogP contribution in [-0.4, -0.2) is 13.6 Å². The minimum Gasteiger partial charge on any atom is -0.319 e. The summed E-state index contributed by atoms with van der Waals surface area (Å²) < 4.78 is 0. The largest absolute Gasteiger partial charge is 0.319 e. The zero-order valence-electron chi connectivity index (χ0n) is 10.3. The highest BCUT2D eigenvalue weighted by Crippen LogP contribution is 2.42. The molecule has 0 bridgehead atoms. The molecule has 1 saturated carbocycles. The van der Waals surface area contributed by atoms with Crippen molar-refractivity contribution in [2.45, 2.75) is 18.8 Å². The van der Waals surface area contributed by atoms with E-state index in [-0.39, 0.29) is 0 Å². The first-order valence-electron chi connectivity index (χ1n) is 6.52. The van der Waals surface area contributed by atoms with Crippen molar-refractivity contribution in [3.8, 4) is 0 Å². The van der Waals surface area contributed by atoms with Crippen molar-refractivity contribution < 1.29 is 0 Å². The topological polar surface area (TPSA) is 12.0 Å². The van der Waals surface area contributed by atoms with Crippen LogP contribution in [-0.2, 0) is 0 Å². The van der Waals surface area contributed by atoms with Crippen LogP contribution >= 0.6 is 0 Å². The molecule has 1 aliphatic rings. The molecule has 0 heterocycles. The fourth-order valence-corrected chi connectivity index (χ4v) is 2.95. The van der Waals surface area contributed by atoms with Crippen LogP contribution in [0.25, 0.3) is 10.8 Å². The Morgan fingerprint density at radius 1 is 1.06 bits per heavy atom. The maximum Gasteiger partial charge on any atom is -0.00177 e. The molecule has 1 nitrogen and oxygen atoms in total. The SMILES string of the molecule is CNCC1CCC1c1ccc2ccccc2c1. The molecule has 1 fully saturated rings. The number of rotatable bonds is 3. The van der Waals surface area contributed by atoms with Crippen LogP contribution in [0.15, 0.2) is 42.5 Å². The Hall–Kier alpha value is -1.34. The Balaban J connectivity index is 1.90. The van der Waals surface area contributed by atoms with Crippen LogP contribution in [0.5, 0.6) is 0 Å². The molecule has 2 atom stereocenters. The standard InChI is InChI=1S/C16H19N/c1-17-11-15-8-9-16(15)14-7-6-12-4-2-3-5-13(12)10-14/h2-7,10,15-17H,8-9,11H2,1H3. The molecule has 2 aromatic rings. The van der Waals surface area contributed by atoms with Gasteiger partial charge in [-0.05, 0) is 54.6 Å². The molecule has 1 heteroatoms. The monoisotopic (exact) mass is 225 g/mol. The van der Waals surface area contributed by atoms with E-state index < -0.39 is 0 Å². The normalized spacial score (nSPS) is 23.6. The number of fused-ring (bicyclic) bond motifs is 1. The van der Waals surface area contributed by atoms with Gasteiger partial charge in [-0.25, -0.2) is 0 Å². The molecule has 0 aliphatic heterocycles. The third-order valence-electron chi connectivity index (χ3n) is 4.09. The molecule has 0 radical (unpaired) electrons. The van der Waals surface area contributed by atoms with Crippen LogP contribution in [0, 0.1) is 5.92 Å². The molecule has 1 aliphatic carbocycles. The van der Waals surface area contributed by atoms with E-state index in [0.717, 1.165) is 18.4 Å². The summed E-state index contributed by atoms with van der Waals surface area (Å²) in [4.78, 5) is 0. The first-order chi connectivity index (χ1) is 8.38. The summed E-state index contributed by atoms with van der Waals surface area (Å²) in [6, 6.07) is 15.6. The smallest absolute Gasteiger partial charge is 0.00177 e. The number of nitrogens with one attached hydrogen (secondary N) is 1. The highest BCUT2D eigenvalue weighted by atomic mass is 14.8. The Kier molecular flexibility index (Phi) is 2.86. The summed E-state index contributed by atoms with van der Waals surface area (Å²) in [5.41, 5.74) is 1.52. The molecule has 2 unspecified atom stereocenters. The Morgan fingerprint density at radius 2 is 1.88 bits per heavy atom. The lowest BCUT2D eigenvalue weighted by atomic mass is 9.70. The maximum absolute atomic E-state index is 3.31. The Labute approximate surface area is 103 Å². The van der Waals surface area contributed by atoms with E-state index in [2.05, 4.69) is 54.8 Å². The summed E-state index contributed by atoms with van der Waals surface area (Å²) in [5.74, 6) is 1.60.